The van der Waals surface area contributed by atoms with Crippen molar-refractivity contribution in [2.75, 3.05) is 45.2 Å². The van der Waals surface area contributed by atoms with Crippen LogP contribution in [0.25, 0.3) is 0 Å². The van der Waals surface area contributed by atoms with Gasteiger partial charge in [0.1, 0.15) is 0 Å². The molecule has 0 saturated heterocycles. The average molecular weight is 444 g/mol. The van der Waals surface area contributed by atoms with E-state index in [-0.39, 0.29) is 16.7 Å². The number of benzene rings is 1. The maximum Gasteiger partial charge on any atom is 0.244 e. The number of carbonyl (C=O) groups excluding carboxylic acids is 1. The summed E-state index contributed by atoms with van der Waals surface area (Å²) in [5.74, 6) is 0.256. The van der Waals surface area contributed by atoms with E-state index in [0.717, 1.165) is 30.5 Å². The van der Waals surface area contributed by atoms with E-state index < -0.39 is 10.0 Å². The van der Waals surface area contributed by atoms with Gasteiger partial charge in [0.25, 0.3) is 0 Å². The smallest absolute Gasteiger partial charge is 0.244 e. The molecule has 1 aromatic rings. The van der Waals surface area contributed by atoms with Crippen LogP contribution in [0.4, 0.5) is 5.69 Å². The van der Waals surface area contributed by atoms with Crippen LogP contribution >= 0.6 is 15.9 Å². The Kier molecular flexibility index (Phi) is 5.77. The van der Waals surface area contributed by atoms with Gasteiger partial charge in [-0.3, -0.25) is 4.79 Å². The Morgan fingerprint density at radius 3 is 2.54 bits per heavy atom. The van der Waals surface area contributed by atoms with Crippen molar-refractivity contribution >= 4 is 37.5 Å². The Morgan fingerprint density at radius 2 is 1.96 bits per heavy atom. The first-order chi connectivity index (χ1) is 12.3. The number of halogens is 1. The normalized spacial score (nSPS) is 17.2. The van der Waals surface area contributed by atoms with Gasteiger partial charge in [-0.15, -0.1) is 0 Å². The lowest BCUT2D eigenvalue weighted by atomic mass is 10.2. The lowest BCUT2D eigenvalue weighted by molar-refractivity contribution is -0.119. The number of anilines is 1. The van der Waals surface area contributed by atoms with E-state index in [2.05, 4.69) is 15.9 Å². The number of likely N-dealkylation sites (N-methyl/N-ethyl adjacent to an activating group) is 2. The second-order valence-corrected chi connectivity index (χ2v) is 9.99. The zero-order chi connectivity index (χ0) is 19.1. The summed E-state index contributed by atoms with van der Waals surface area (Å²) >= 11 is 3.44. The van der Waals surface area contributed by atoms with Crippen LogP contribution < -0.4 is 4.90 Å². The first-order valence-electron chi connectivity index (χ1n) is 9.04. The van der Waals surface area contributed by atoms with E-state index in [1.807, 2.05) is 32.0 Å². The summed E-state index contributed by atoms with van der Waals surface area (Å²) in [5, 5.41) is 0. The van der Waals surface area contributed by atoms with Crippen LogP contribution in [-0.2, 0) is 21.2 Å². The Morgan fingerprint density at radius 1 is 1.27 bits per heavy atom. The topological polar surface area (TPSA) is 60.9 Å². The van der Waals surface area contributed by atoms with Crippen LogP contribution in [0.15, 0.2) is 21.5 Å². The van der Waals surface area contributed by atoms with E-state index in [1.165, 1.54) is 4.31 Å². The fourth-order valence-corrected chi connectivity index (χ4v) is 5.77. The van der Waals surface area contributed by atoms with Crippen molar-refractivity contribution < 1.29 is 13.2 Å². The van der Waals surface area contributed by atoms with Crippen molar-refractivity contribution in [1.29, 1.82) is 0 Å². The maximum absolute atomic E-state index is 13.2. The Labute approximate surface area is 164 Å². The zero-order valence-corrected chi connectivity index (χ0v) is 17.9. The fraction of sp³-hybridized carbons (Fsp3) is 0.611. The predicted octanol–water partition coefficient (Wildman–Crippen LogP) is 2.32. The Hall–Kier alpha value is -0.960. The minimum absolute atomic E-state index is 0.122. The Balaban J connectivity index is 1.94. The molecule has 1 aliphatic carbocycles. The minimum atomic E-state index is -3.63. The summed E-state index contributed by atoms with van der Waals surface area (Å²) in [4.78, 5) is 16.5. The maximum atomic E-state index is 13.2. The molecule has 1 saturated carbocycles. The third-order valence-corrected chi connectivity index (χ3v) is 7.92. The quantitative estimate of drug-likeness (QED) is 0.648. The van der Waals surface area contributed by atoms with Crippen LogP contribution in [0.1, 0.15) is 25.3 Å². The molecule has 0 aromatic heterocycles. The number of fused-ring (bicyclic) bond motifs is 1. The minimum Gasteiger partial charge on any atom is -0.312 e. The highest BCUT2D eigenvalue weighted by Crippen LogP contribution is 2.40. The molecular weight excluding hydrogens is 418 g/mol. The first kappa shape index (κ1) is 19.8. The molecule has 2 aliphatic rings. The molecule has 1 amide bonds. The molecule has 0 bridgehead atoms. The van der Waals surface area contributed by atoms with E-state index in [1.54, 1.807) is 11.0 Å². The van der Waals surface area contributed by atoms with Crippen molar-refractivity contribution in [2.45, 2.75) is 31.1 Å². The highest BCUT2D eigenvalue weighted by atomic mass is 79.9. The van der Waals surface area contributed by atoms with Crippen molar-refractivity contribution in [3.8, 4) is 0 Å². The van der Waals surface area contributed by atoms with Gasteiger partial charge in [0.2, 0.25) is 15.9 Å². The molecule has 6 nitrogen and oxygen atoms in total. The van der Waals surface area contributed by atoms with Gasteiger partial charge in [0.15, 0.2) is 0 Å². The van der Waals surface area contributed by atoms with Crippen molar-refractivity contribution in [3.63, 3.8) is 0 Å². The summed E-state index contributed by atoms with van der Waals surface area (Å²) in [6, 6.07) is 3.54. The van der Waals surface area contributed by atoms with Crippen LogP contribution in [-0.4, -0.2) is 63.8 Å². The average Bonchev–Trinajstić information content (AvgIpc) is 3.34. The standard InChI is InChI=1S/C18H26BrN3O3S/c1-4-21(10-9-20(2)3)26(24,25)17-12-16-14(11-15(17)19)7-8-22(16)18(23)13-5-6-13/h11-13H,4-10H2,1-3H3. The molecule has 1 heterocycles. The van der Waals surface area contributed by atoms with E-state index in [0.29, 0.717) is 30.7 Å². The molecule has 144 valence electrons. The van der Waals surface area contributed by atoms with Gasteiger partial charge in [-0.05, 0) is 67.0 Å². The largest absolute Gasteiger partial charge is 0.312 e. The molecule has 8 heteroatoms. The number of sulfonamides is 1. The predicted molar refractivity (Wildman–Crippen MR) is 106 cm³/mol. The van der Waals surface area contributed by atoms with E-state index in [9.17, 15) is 13.2 Å². The second-order valence-electron chi connectivity index (χ2n) is 7.23. The van der Waals surface area contributed by atoms with Gasteiger partial charge < -0.3 is 9.80 Å². The van der Waals surface area contributed by atoms with Crippen molar-refractivity contribution in [3.05, 3.63) is 22.2 Å². The van der Waals surface area contributed by atoms with Gasteiger partial charge in [-0.25, -0.2) is 8.42 Å². The summed E-state index contributed by atoms with van der Waals surface area (Å²) in [5.41, 5.74) is 1.79. The Bertz CT molecular complexity index is 806. The lowest BCUT2D eigenvalue weighted by Gasteiger charge is -2.24. The molecule has 0 spiro atoms. The monoisotopic (exact) mass is 443 g/mol. The highest BCUT2D eigenvalue weighted by molar-refractivity contribution is 9.10. The molecular formula is C18H26BrN3O3S. The summed E-state index contributed by atoms with van der Waals surface area (Å²) < 4.78 is 28.4. The van der Waals surface area contributed by atoms with Gasteiger partial charge in [-0.2, -0.15) is 4.31 Å². The van der Waals surface area contributed by atoms with Crippen LogP contribution in [0.2, 0.25) is 0 Å². The van der Waals surface area contributed by atoms with E-state index >= 15 is 0 Å². The lowest BCUT2D eigenvalue weighted by Crippen LogP contribution is -2.36. The summed E-state index contributed by atoms with van der Waals surface area (Å²) in [7, 11) is 0.217. The molecule has 26 heavy (non-hydrogen) atoms. The number of carbonyl (C=O) groups is 1. The molecule has 1 aliphatic heterocycles. The van der Waals surface area contributed by atoms with Gasteiger partial charge >= 0.3 is 0 Å². The van der Waals surface area contributed by atoms with Crippen LogP contribution in [0, 0.1) is 5.92 Å². The van der Waals surface area contributed by atoms with Crippen LogP contribution in [0.5, 0.6) is 0 Å². The second kappa shape index (κ2) is 7.58. The van der Waals surface area contributed by atoms with Gasteiger partial charge in [0, 0.05) is 42.3 Å². The molecule has 0 unspecified atom stereocenters. The summed E-state index contributed by atoms with van der Waals surface area (Å²) in [6.07, 6.45) is 2.66. The highest BCUT2D eigenvalue weighted by Gasteiger charge is 2.37. The van der Waals surface area contributed by atoms with Gasteiger partial charge in [-0.1, -0.05) is 6.92 Å². The van der Waals surface area contributed by atoms with Crippen molar-refractivity contribution in [2.24, 2.45) is 5.92 Å². The first-order valence-corrected chi connectivity index (χ1v) is 11.3. The summed E-state index contributed by atoms with van der Waals surface area (Å²) in [6.45, 7) is 3.97. The SMILES string of the molecule is CCN(CCN(C)C)S(=O)(=O)c1cc2c(cc1Br)CCN2C(=O)C1CC1. The number of hydrogen-bond donors (Lipinski definition) is 0. The molecule has 0 radical (unpaired) electrons. The van der Waals surface area contributed by atoms with Gasteiger partial charge in [0.05, 0.1) is 4.90 Å². The van der Waals surface area contributed by atoms with Crippen molar-refractivity contribution in [1.82, 2.24) is 9.21 Å². The molecule has 1 aromatic carbocycles. The molecule has 0 N–H and O–H groups in total. The van der Waals surface area contributed by atoms with E-state index in [4.69, 9.17) is 0 Å². The number of nitrogens with zero attached hydrogens (tertiary/aromatic N) is 3. The molecule has 3 rings (SSSR count). The van der Waals surface area contributed by atoms with Crippen LogP contribution in [0.3, 0.4) is 0 Å². The molecule has 1 fully saturated rings. The molecule has 0 atom stereocenters. The number of amides is 1. The number of hydrogen-bond acceptors (Lipinski definition) is 4. The number of rotatable bonds is 7. The zero-order valence-electron chi connectivity index (χ0n) is 15.5. The third-order valence-electron chi connectivity index (χ3n) is 4.99. The fourth-order valence-electron chi connectivity index (χ4n) is 3.26. The third kappa shape index (κ3) is 3.83.